The fourth-order valence-corrected chi connectivity index (χ4v) is 1.74. The predicted octanol–water partition coefficient (Wildman–Crippen LogP) is 3.92. The minimum atomic E-state index is -0.459. The fourth-order valence-electron chi connectivity index (χ4n) is 1.74. The summed E-state index contributed by atoms with van der Waals surface area (Å²) in [6, 6.07) is 10.3. The zero-order valence-corrected chi connectivity index (χ0v) is 12.6. The van der Waals surface area contributed by atoms with E-state index in [1.54, 1.807) is 0 Å². The van der Waals surface area contributed by atoms with E-state index in [1.807, 2.05) is 52.8 Å². The molecule has 0 aliphatic carbocycles. The molecule has 0 radical (unpaired) electrons. The van der Waals surface area contributed by atoms with Crippen LogP contribution in [0.15, 0.2) is 30.3 Å². The first kappa shape index (κ1) is 15.5. The molecule has 0 saturated heterocycles. The lowest BCUT2D eigenvalue weighted by Crippen LogP contribution is -2.46. The average Bonchev–Trinajstić information content (AvgIpc) is 2.24. The third-order valence-electron chi connectivity index (χ3n) is 2.72. The number of alkyl carbamates (subject to hydrolysis) is 1. The molecule has 3 nitrogen and oxygen atoms in total. The highest BCUT2D eigenvalue weighted by Gasteiger charge is 2.24. The molecule has 0 aromatic heterocycles. The van der Waals surface area contributed by atoms with Crippen LogP contribution in [0.1, 0.15) is 46.6 Å². The monoisotopic (exact) mass is 263 g/mol. The van der Waals surface area contributed by atoms with Crippen LogP contribution in [-0.2, 0) is 11.2 Å². The fraction of sp³-hybridized carbons (Fsp3) is 0.562. The minimum Gasteiger partial charge on any atom is -0.444 e. The molecule has 1 aromatic rings. The third kappa shape index (κ3) is 6.85. The van der Waals surface area contributed by atoms with Crippen molar-refractivity contribution in [1.29, 1.82) is 0 Å². The second-order valence-electron chi connectivity index (χ2n) is 6.50. The topological polar surface area (TPSA) is 38.3 Å². The average molecular weight is 263 g/mol. The van der Waals surface area contributed by atoms with Gasteiger partial charge in [0.15, 0.2) is 0 Å². The molecule has 0 spiro atoms. The van der Waals surface area contributed by atoms with Gasteiger partial charge in [0.05, 0.1) is 0 Å². The number of carbonyl (C=O) groups excluding carboxylic acids is 1. The Hall–Kier alpha value is -1.51. The Morgan fingerprint density at radius 2 is 1.68 bits per heavy atom. The maximum Gasteiger partial charge on any atom is 0.408 e. The van der Waals surface area contributed by atoms with Crippen LogP contribution in [-0.4, -0.2) is 17.2 Å². The van der Waals surface area contributed by atoms with Crippen LogP contribution in [0.3, 0.4) is 0 Å². The van der Waals surface area contributed by atoms with Crippen molar-refractivity contribution >= 4 is 6.09 Å². The molecular weight excluding hydrogens is 238 g/mol. The van der Waals surface area contributed by atoms with E-state index in [9.17, 15) is 4.79 Å². The molecule has 0 bridgehead atoms. The normalized spacial score (nSPS) is 12.1. The summed E-state index contributed by atoms with van der Waals surface area (Å²) in [6.45, 7) is 9.62. The van der Waals surface area contributed by atoms with Gasteiger partial charge in [0.2, 0.25) is 0 Å². The van der Waals surface area contributed by atoms with E-state index in [0.29, 0.717) is 0 Å². The number of nitrogens with one attached hydrogen (secondary N) is 1. The zero-order chi connectivity index (χ0) is 14.5. The largest absolute Gasteiger partial charge is 0.444 e. The molecule has 1 rings (SSSR count). The molecular formula is C16H25NO2. The van der Waals surface area contributed by atoms with Gasteiger partial charge in [-0.1, -0.05) is 30.3 Å². The smallest absolute Gasteiger partial charge is 0.408 e. The Bertz CT molecular complexity index is 405. The molecule has 0 saturated carbocycles. The summed E-state index contributed by atoms with van der Waals surface area (Å²) < 4.78 is 5.28. The number of hydrogen-bond acceptors (Lipinski definition) is 2. The summed E-state index contributed by atoms with van der Waals surface area (Å²) in [6.07, 6.45) is 1.45. The molecule has 1 N–H and O–H groups in total. The van der Waals surface area contributed by atoms with Crippen molar-refractivity contribution in [2.45, 2.75) is 58.6 Å². The lowest BCUT2D eigenvalue weighted by molar-refractivity contribution is 0.0468. The summed E-state index contributed by atoms with van der Waals surface area (Å²) in [7, 11) is 0. The summed E-state index contributed by atoms with van der Waals surface area (Å²) >= 11 is 0. The molecule has 0 unspecified atom stereocenters. The zero-order valence-electron chi connectivity index (χ0n) is 12.6. The molecule has 0 fully saturated rings. The lowest BCUT2D eigenvalue weighted by atomic mass is 9.95. The quantitative estimate of drug-likeness (QED) is 0.894. The first-order valence-electron chi connectivity index (χ1n) is 6.73. The van der Waals surface area contributed by atoms with E-state index in [-0.39, 0.29) is 11.6 Å². The first-order chi connectivity index (χ1) is 8.68. The maximum atomic E-state index is 11.8. The van der Waals surface area contributed by atoms with E-state index >= 15 is 0 Å². The second-order valence-corrected chi connectivity index (χ2v) is 6.50. The van der Waals surface area contributed by atoms with Crippen molar-refractivity contribution in [1.82, 2.24) is 5.32 Å². The van der Waals surface area contributed by atoms with Gasteiger partial charge in [-0.25, -0.2) is 4.79 Å². The number of hydrogen-bond donors (Lipinski definition) is 1. The molecule has 106 valence electrons. The van der Waals surface area contributed by atoms with Gasteiger partial charge >= 0.3 is 6.09 Å². The van der Waals surface area contributed by atoms with Gasteiger partial charge in [-0.05, 0) is 53.0 Å². The molecule has 1 amide bonds. The Morgan fingerprint density at radius 1 is 1.11 bits per heavy atom. The first-order valence-corrected chi connectivity index (χ1v) is 6.73. The van der Waals surface area contributed by atoms with E-state index in [0.717, 1.165) is 12.8 Å². The van der Waals surface area contributed by atoms with E-state index in [2.05, 4.69) is 17.4 Å². The van der Waals surface area contributed by atoms with Crippen molar-refractivity contribution in [3.8, 4) is 0 Å². The van der Waals surface area contributed by atoms with Crippen LogP contribution in [0.25, 0.3) is 0 Å². The SMILES string of the molecule is CC(C)(CCc1ccccc1)NC(=O)OC(C)(C)C. The lowest BCUT2D eigenvalue weighted by Gasteiger charge is -2.28. The van der Waals surface area contributed by atoms with Crippen LogP contribution >= 0.6 is 0 Å². The van der Waals surface area contributed by atoms with E-state index in [4.69, 9.17) is 4.74 Å². The number of benzene rings is 1. The van der Waals surface area contributed by atoms with Crippen molar-refractivity contribution < 1.29 is 9.53 Å². The molecule has 1 aromatic carbocycles. The summed E-state index contributed by atoms with van der Waals surface area (Å²) in [4.78, 5) is 11.8. The number of carbonyl (C=O) groups is 1. The van der Waals surface area contributed by atoms with Crippen LogP contribution in [0.2, 0.25) is 0 Å². The van der Waals surface area contributed by atoms with Crippen LogP contribution in [0.4, 0.5) is 4.79 Å². The van der Waals surface area contributed by atoms with Crippen molar-refractivity contribution in [2.75, 3.05) is 0 Å². The van der Waals surface area contributed by atoms with Gasteiger partial charge in [0.1, 0.15) is 5.60 Å². The molecule has 3 heteroatoms. The van der Waals surface area contributed by atoms with Crippen molar-refractivity contribution in [2.24, 2.45) is 0 Å². The van der Waals surface area contributed by atoms with Gasteiger partial charge in [0.25, 0.3) is 0 Å². The standard InChI is InChI=1S/C16H25NO2/c1-15(2,3)19-14(18)17-16(4,5)12-11-13-9-7-6-8-10-13/h6-10H,11-12H2,1-5H3,(H,17,18). The van der Waals surface area contributed by atoms with Gasteiger partial charge in [-0.15, -0.1) is 0 Å². The molecule has 0 aliphatic rings. The molecule has 19 heavy (non-hydrogen) atoms. The van der Waals surface area contributed by atoms with E-state index < -0.39 is 5.60 Å². The Kier molecular flexibility index (Phi) is 4.98. The maximum absolute atomic E-state index is 11.8. The van der Waals surface area contributed by atoms with Crippen LogP contribution < -0.4 is 5.32 Å². The highest BCUT2D eigenvalue weighted by atomic mass is 16.6. The summed E-state index contributed by atoms with van der Waals surface area (Å²) in [5, 5.41) is 2.92. The van der Waals surface area contributed by atoms with Gasteiger partial charge in [0, 0.05) is 5.54 Å². The number of rotatable bonds is 4. The van der Waals surface area contributed by atoms with Gasteiger partial charge in [-0.3, -0.25) is 0 Å². The van der Waals surface area contributed by atoms with Gasteiger partial charge in [-0.2, -0.15) is 0 Å². The van der Waals surface area contributed by atoms with Crippen molar-refractivity contribution in [3.05, 3.63) is 35.9 Å². The molecule has 0 aliphatic heterocycles. The highest BCUT2D eigenvalue weighted by Crippen LogP contribution is 2.15. The van der Waals surface area contributed by atoms with E-state index in [1.165, 1.54) is 5.56 Å². The van der Waals surface area contributed by atoms with Crippen LogP contribution in [0.5, 0.6) is 0 Å². The Balaban J connectivity index is 2.45. The Morgan fingerprint density at radius 3 is 2.21 bits per heavy atom. The molecule has 0 atom stereocenters. The predicted molar refractivity (Wildman–Crippen MR) is 78.2 cm³/mol. The Labute approximate surface area is 116 Å². The number of aryl methyl sites for hydroxylation is 1. The van der Waals surface area contributed by atoms with Crippen molar-refractivity contribution in [3.63, 3.8) is 0 Å². The third-order valence-corrected chi connectivity index (χ3v) is 2.72. The van der Waals surface area contributed by atoms with Gasteiger partial charge < -0.3 is 10.1 Å². The molecule has 0 heterocycles. The minimum absolute atomic E-state index is 0.280. The summed E-state index contributed by atoms with van der Waals surface area (Å²) in [5.41, 5.74) is 0.541. The highest BCUT2D eigenvalue weighted by molar-refractivity contribution is 5.68. The van der Waals surface area contributed by atoms with Crippen LogP contribution in [0, 0.1) is 0 Å². The number of ether oxygens (including phenoxy) is 1. The second kappa shape index (κ2) is 6.09. The number of amides is 1. The summed E-state index contributed by atoms with van der Waals surface area (Å²) in [5.74, 6) is 0.